The van der Waals surface area contributed by atoms with E-state index in [0.717, 1.165) is 5.56 Å². The number of hydrogen-bond acceptors (Lipinski definition) is 3. The molecule has 0 spiro atoms. The van der Waals surface area contributed by atoms with Gasteiger partial charge in [-0.3, -0.25) is 14.2 Å². The zero-order chi connectivity index (χ0) is 19.7. The van der Waals surface area contributed by atoms with Crippen LogP contribution in [0.1, 0.15) is 21.6 Å². The Morgan fingerprint density at radius 2 is 1.68 bits per heavy atom. The van der Waals surface area contributed by atoms with Crippen LogP contribution in [0.25, 0.3) is 16.7 Å². The number of hydrogen-bond donors (Lipinski definition) is 1. The molecule has 0 aliphatic carbocycles. The number of fused-ring (bicyclic) bond motifs is 1. The van der Waals surface area contributed by atoms with E-state index in [0.29, 0.717) is 28.8 Å². The van der Waals surface area contributed by atoms with E-state index >= 15 is 0 Å². The highest BCUT2D eigenvalue weighted by atomic mass is 16.1. The predicted octanol–water partition coefficient (Wildman–Crippen LogP) is 2.81. The van der Waals surface area contributed by atoms with Crippen LogP contribution in [0.2, 0.25) is 0 Å². The van der Waals surface area contributed by atoms with Crippen molar-refractivity contribution in [1.82, 2.24) is 9.13 Å². The molecule has 0 atom stereocenters. The van der Waals surface area contributed by atoms with E-state index in [1.807, 2.05) is 42.5 Å². The number of nitrogens with zero attached hydrogens (tertiary/aromatic N) is 3. The van der Waals surface area contributed by atoms with Gasteiger partial charge in [-0.15, -0.1) is 0 Å². The van der Waals surface area contributed by atoms with Gasteiger partial charge >= 0.3 is 0 Å². The Kier molecular flexibility index (Phi) is 4.26. The van der Waals surface area contributed by atoms with Crippen molar-refractivity contribution < 1.29 is 4.79 Å². The fourth-order valence-electron chi connectivity index (χ4n) is 3.40. The minimum Gasteiger partial charge on any atom is -0.364 e. The number of pyridine rings is 1. The average Bonchev–Trinajstić information content (AvgIpc) is 3.07. The largest absolute Gasteiger partial charge is 0.364 e. The van der Waals surface area contributed by atoms with Crippen LogP contribution in [0.5, 0.6) is 0 Å². The molecular weight excluding hydrogens is 352 g/mol. The zero-order valence-corrected chi connectivity index (χ0v) is 14.9. The number of nitrogens with two attached hydrogens (primary N) is 1. The molecule has 0 aliphatic heterocycles. The van der Waals surface area contributed by atoms with Crippen molar-refractivity contribution in [3.63, 3.8) is 0 Å². The topological polar surface area (TPSA) is 93.8 Å². The number of para-hydroxylation sites is 1. The lowest BCUT2D eigenvalue weighted by molar-refractivity contribution is 0.0992. The van der Waals surface area contributed by atoms with Gasteiger partial charge in [0.15, 0.2) is 0 Å². The highest BCUT2D eigenvalue weighted by Gasteiger charge is 2.18. The molecule has 0 aliphatic rings. The lowest BCUT2D eigenvalue weighted by Gasteiger charge is -2.11. The zero-order valence-electron chi connectivity index (χ0n) is 14.9. The monoisotopic (exact) mass is 368 g/mol. The van der Waals surface area contributed by atoms with E-state index in [1.54, 1.807) is 33.4 Å². The molecular formula is C22H16N4O2. The first-order valence-corrected chi connectivity index (χ1v) is 8.68. The van der Waals surface area contributed by atoms with E-state index < -0.39 is 5.91 Å². The van der Waals surface area contributed by atoms with Crippen molar-refractivity contribution in [2.45, 2.75) is 6.54 Å². The van der Waals surface area contributed by atoms with E-state index in [9.17, 15) is 14.9 Å². The van der Waals surface area contributed by atoms with Crippen molar-refractivity contribution in [2.75, 3.05) is 0 Å². The van der Waals surface area contributed by atoms with Crippen LogP contribution in [0, 0.1) is 11.3 Å². The number of rotatable bonds is 4. The van der Waals surface area contributed by atoms with Crippen molar-refractivity contribution in [1.29, 1.82) is 5.26 Å². The maximum absolute atomic E-state index is 12.6. The van der Waals surface area contributed by atoms with Crippen molar-refractivity contribution in [3.05, 3.63) is 100.0 Å². The minimum absolute atomic E-state index is 0.204. The molecule has 0 unspecified atom stereocenters. The molecule has 6 nitrogen and oxygen atoms in total. The summed E-state index contributed by atoms with van der Waals surface area (Å²) in [6.07, 6.45) is 0. The Morgan fingerprint density at radius 3 is 2.39 bits per heavy atom. The van der Waals surface area contributed by atoms with Gasteiger partial charge in [0.25, 0.3) is 11.5 Å². The predicted molar refractivity (Wildman–Crippen MR) is 106 cm³/mol. The molecule has 0 radical (unpaired) electrons. The maximum Gasteiger partial charge on any atom is 0.265 e. The fraction of sp³-hybridized carbons (Fsp3) is 0.0455. The summed E-state index contributed by atoms with van der Waals surface area (Å²) in [5.74, 6) is -0.599. The standard InChI is InChI=1S/C22H16N4O2/c23-13-15-6-4-5-7-16(15)14-25-18-10-11-21(27)26(17-8-2-1-3-9-17)19(18)12-20(25)22(24)28/h1-12H,14H2,(H2,24,28). The molecule has 2 aromatic heterocycles. The summed E-state index contributed by atoms with van der Waals surface area (Å²) in [4.78, 5) is 24.7. The van der Waals surface area contributed by atoms with Crippen LogP contribution in [-0.2, 0) is 6.54 Å². The Hall–Kier alpha value is -4.11. The average molecular weight is 368 g/mol. The van der Waals surface area contributed by atoms with Gasteiger partial charge in [0.2, 0.25) is 0 Å². The number of amides is 1. The van der Waals surface area contributed by atoms with Gasteiger partial charge in [-0.25, -0.2) is 0 Å². The lowest BCUT2D eigenvalue weighted by atomic mass is 10.1. The third kappa shape index (κ3) is 2.85. The van der Waals surface area contributed by atoms with Gasteiger partial charge in [0.1, 0.15) is 5.69 Å². The highest BCUT2D eigenvalue weighted by Crippen LogP contribution is 2.23. The Balaban J connectivity index is 1.99. The number of aromatic nitrogens is 2. The fourth-order valence-corrected chi connectivity index (χ4v) is 3.40. The molecule has 2 N–H and O–H groups in total. The number of nitriles is 1. The summed E-state index contributed by atoms with van der Waals surface area (Å²) in [7, 11) is 0. The molecule has 28 heavy (non-hydrogen) atoms. The molecule has 0 saturated heterocycles. The summed E-state index contributed by atoms with van der Waals surface area (Å²) in [5.41, 5.74) is 8.95. The molecule has 2 aromatic carbocycles. The number of primary amides is 1. The molecule has 2 heterocycles. The summed E-state index contributed by atoms with van der Waals surface area (Å²) < 4.78 is 3.29. The van der Waals surface area contributed by atoms with Gasteiger partial charge in [0, 0.05) is 18.3 Å². The van der Waals surface area contributed by atoms with Gasteiger partial charge in [-0.05, 0) is 35.9 Å². The first-order chi connectivity index (χ1) is 13.6. The summed E-state index contributed by atoms with van der Waals surface area (Å²) >= 11 is 0. The SMILES string of the molecule is N#Cc1ccccc1Cn1c(C(N)=O)cc2c1ccc(=O)n2-c1ccccc1. The lowest BCUT2D eigenvalue weighted by Crippen LogP contribution is -2.18. The van der Waals surface area contributed by atoms with Crippen LogP contribution < -0.4 is 11.3 Å². The third-order valence-corrected chi connectivity index (χ3v) is 4.70. The first-order valence-electron chi connectivity index (χ1n) is 8.68. The van der Waals surface area contributed by atoms with Gasteiger partial charge in [-0.2, -0.15) is 5.26 Å². The Bertz CT molecular complexity index is 1290. The molecule has 0 saturated carbocycles. The van der Waals surface area contributed by atoms with Gasteiger partial charge < -0.3 is 10.3 Å². The van der Waals surface area contributed by atoms with Crippen molar-refractivity contribution >= 4 is 16.9 Å². The second kappa shape index (κ2) is 6.89. The second-order valence-electron chi connectivity index (χ2n) is 6.36. The van der Waals surface area contributed by atoms with Crippen molar-refractivity contribution in [3.8, 4) is 11.8 Å². The van der Waals surface area contributed by atoms with Gasteiger partial charge in [-0.1, -0.05) is 36.4 Å². The van der Waals surface area contributed by atoms with E-state index in [-0.39, 0.29) is 11.3 Å². The van der Waals surface area contributed by atoms with E-state index in [4.69, 9.17) is 5.73 Å². The summed E-state index contributed by atoms with van der Waals surface area (Å²) in [6, 6.07) is 23.3. The van der Waals surface area contributed by atoms with E-state index in [2.05, 4.69) is 6.07 Å². The van der Waals surface area contributed by atoms with Crippen LogP contribution in [-0.4, -0.2) is 15.0 Å². The van der Waals surface area contributed by atoms with E-state index in [1.165, 1.54) is 6.07 Å². The molecule has 0 bridgehead atoms. The summed E-state index contributed by atoms with van der Waals surface area (Å²) in [5, 5.41) is 9.37. The summed E-state index contributed by atoms with van der Waals surface area (Å²) in [6.45, 7) is 0.290. The van der Waals surface area contributed by atoms with Crippen LogP contribution >= 0.6 is 0 Å². The van der Waals surface area contributed by atoms with Crippen LogP contribution in [0.15, 0.2) is 77.6 Å². The highest BCUT2D eigenvalue weighted by molar-refractivity contribution is 5.97. The smallest absolute Gasteiger partial charge is 0.265 e. The maximum atomic E-state index is 12.6. The first kappa shape index (κ1) is 17.3. The molecule has 4 rings (SSSR count). The Morgan fingerprint density at radius 1 is 0.964 bits per heavy atom. The minimum atomic E-state index is -0.599. The molecule has 0 fully saturated rings. The quantitative estimate of drug-likeness (QED) is 0.600. The molecule has 6 heteroatoms. The molecule has 136 valence electrons. The van der Waals surface area contributed by atoms with Gasteiger partial charge in [0.05, 0.1) is 22.7 Å². The Labute approximate surface area is 160 Å². The second-order valence-corrected chi connectivity index (χ2v) is 6.36. The van der Waals surface area contributed by atoms with Crippen molar-refractivity contribution in [2.24, 2.45) is 5.73 Å². The number of benzene rings is 2. The van der Waals surface area contributed by atoms with Crippen LogP contribution in [0.3, 0.4) is 0 Å². The third-order valence-electron chi connectivity index (χ3n) is 4.70. The number of carbonyl (C=O) groups excluding carboxylic acids is 1. The number of carbonyl (C=O) groups is 1. The normalized spacial score (nSPS) is 10.7. The molecule has 1 amide bonds. The molecule has 4 aromatic rings. The van der Waals surface area contributed by atoms with Crippen LogP contribution in [0.4, 0.5) is 0 Å².